The zero-order valence-corrected chi connectivity index (χ0v) is 16.7. The number of ether oxygens (including phenoxy) is 2. The minimum atomic E-state index is -1.27. The van der Waals surface area contributed by atoms with Crippen LogP contribution in [0.5, 0.6) is 0 Å². The van der Waals surface area contributed by atoms with Gasteiger partial charge in [-0.2, -0.15) is 0 Å². The van der Waals surface area contributed by atoms with Gasteiger partial charge in [-0.3, -0.25) is 0 Å². The molecule has 2 aliphatic rings. The molecule has 11 nitrogen and oxygen atoms in total. The van der Waals surface area contributed by atoms with E-state index in [2.05, 4.69) is 14.9 Å². The van der Waals surface area contributed by atoms with Crippen LogP contribution in [-0.4, -0.2) is 85.8 Å². The molecule has 0 spiro atoms. The molecule has 5 heterocycles. The van der Waals surface area contributed by atoms with Crippen LogP contribution in [-0.2, 0) is 21.6 Å². The van der Waals surface area contributed by atoms with Crippen LogP contribution in [0.4, 0.5) is 5.82 Å². The van der Waals surface area contributed by atoms with Gasteiger partial charge in [0.2, 0.25) is 0 Å². The quantitative estimate of drug-likeness (QED) is 0.584. The Morgan fingerprint density at radius 3 is 2.43 bits per heavy atom. The average molecular weight is 413 g/mol. The minimum absolute atomic E-state index is 0.333. The van der Waals surface area contributed by atoms with Crippen molar-refractivity contribution in [3.8, 4) is 11.4 Å². The van der Waals surface area contributed by atoms with E-state index in [9.17, 15) is 10.2 Å². The lowest BCUT2D eigenvalue weighted by atomic mass is 10.0. The van der Waals surface area contributed by atoms with Gasteiger partial charge in [0, 0.05) is 32.0 Å². The second-order valence-electron chi connectivity index (χ2n) is 7.41. The molecular formula is C19H23N7O4. The van der Waals surface area contributed by atoms with Gasteiger partial charge in [-0.25, -0.2) is 24.9 Å². The molecule has 0 aromatic carbocycles. The van der Waals surface area contributed by atoms with E-state index in [1.54, 1.807) is 12.4 Å². The van der Waals surface area contributed by atoms with Crippen molar-refractivity contribution in [1.29, 1.82) is 0 Å². The summed E-state index contributed by atoms with van der Waals surface area (Å²) in [5.41, 5.74) is 0.677. The zero-order valence-electron chi connectivity index (χ0n) is 16.7. The number of aliphatic hydroxyl groups is 2. The van der Waals surface area contributed by atoms with Gasteiger partial charge in [0.05, 0.1) is 38.6 Å². The second kappa shape index (κ2) is 7.51. The monoisotopic (exact) mass is 413 g/mol. The summed E-state index contributed by atoms with van der Waals surface area (Å²) in [6, 6.07) is 0. The van der Waals surface area contributed by atoms with Gasteiger partial charge >= 0.3 is 0 Å². The third-order valence-corrected chi connectivity index (χ3v) is 5.54. The lowest BCUT2D eigenvalue weighted by molar-refractivity contribution is -0.136. The van der Waals surface area contributed by atoms with E-state index in [1.165, 1.54) is 0 Å². The third kappa shape index (κ3) is 3.01. The Morgan fingerprint density at radius 1 is 1.00 bits per heavy atom. The zero-order chi connectivity index (χ0) is 20.7. The highest BCUT2D eigenvalue weighted by Crippen LogP contribution is 2.35. The molecular weight excluding hydrogens is 390 g/mol. The molecule has 1 saturated heterocycles. The fourth-order valence-electron chi connectivity index (χ4n) is 3.86. The first-order valence-electron chi connectivity index (χ1n) is 9.91. The topological polar surface area (TPSA) is 132 Å². The standard InChI is InChI=1S/C19H23N7O4/c1-12-20-8-13(9-21-12)15-23-16(25-2-5-29-6-3-25)14-17(24-15)26-4-7-30-19(10-27,11-28)18(26)22-14/h8-9,27-28H,2-7,10-11H2,1H3. The van der Waals surface area contributed by atoms with Crippen LogP contribution in [0.3, 0.4) is 0 Å². The molecule has 3 aromatic rings. The fraction of sp³-hybridized carbons (Fsp3) is 0.526. The Kier molecular flexibility index (Phi) is 4.82. The van der Waals surface area contributed by atoms with Crippen LogP contribution in [0.2, 0.25) is 0 Å². The van der Waals surface area contributed by atoms with Crippen molar-refractivity contribution in [1.82, 2.24) is 29.5 Å². The Hall–Kier alpha value is -2.73. The Bertz CT molecular complexity index is 1060. The normalized spacial score (nSPS) is 18.6. The van der Waals surface area contributed by atoms with Crippen LogP contribution in [0, 0.1) is 6.92 Å². The van der Waals surface area contributed by atoms with Crippen LogP contribution in [0.25, 0.3) is 22.6 Å². The summed E-state index contributed by atoms with van der Waals surface area (Å²) in [5, 5.41) is 19.9. The van der Waals surface area contributed by atoms with E-state index in [0.717, 1.165) is 0 Å². The van der Waals surface area contributed by atoms with Crippen molar-refractivity contribution in [3.05, 3.63) is 24.0 Å². The Labute approximate surface area is 172 Å². The second-order valence-corrected chi connectivity index (χ2v) is 7.41. The molecule has 1 fully saturated rings. The van der Waals surface area contributed by atoms with E-state index < -0.39 is 5.60 Å². The highest BCUT2D eigenvalue weighted by molar-refractivity contribution is 5.86. The van der Waals surface area contributed by atoms with Gasteiger partial charge in [0.1, 0.15) is 11.6 Å². The van der Waals surface area contributed by atoms with Crippen molar-refractivity contribution < 1.29 is 19.7 Å². The molecule has 0 amide bonds. The summed E-state index contributed by atoms with van der Waals surface area (Å²) in [6.07, 6.45) is 3.41. The predicted molar refractivity (Wildman–Crippen MR) is 106 cm³/mol. The highest BCUT2D eigenvalue weighted by atomic mass is 16.5. The molecule has 0 radical (unpaired) electrons. The Morgan fingerprint density at radius 2 is 1.73 bits per heavy atom. The van der Waals surface area contributed by atoms with Gasteiger partial charge < -0.3 is 29.2 Å². The molecule has 2 aliphatic heterocycles. The SMILES string of the molecule is Cc1ncc(-c2nc(N3CCOCC3)c3nc4n(c3n2)CCOC4(CO)CO)cn1. The summed E-state index contributed by atoms with van der Waals surface area (Å²) in [5.74, 6) is 2.31. The van der Waals surface area contributed by atoms with E-state index >= 15 is 0 Å². The number of aryl methyl sites for hydroxylation is 1. The maximum atomic E-state index is 9.97. The van der Waals surface area contributed by atoms with Gasteiger partial charge in [0.15, 0.2) is 28.4 Å². The largest absolute Gasteiger partial charge is 0.393 e. The summed E-state index contributed by atoms with van der Waals surface area (Å²) >= 11 is 0. The number of aromatic nitrogens is 6. The number of imidazole rings is 1. The minimum Gasteiger partial charge on any atom is -0.393 e. The number of anilines is 1. The molecule has 0 aliphatic carbocycles. The first-order chi connectivity index (χ1) is 14.6. The molecule has 0 unspecified atom stereocenters. The number of hydrogen-bond acceptors (Lipinski definition) is 10. The number of nitrogens with zero attached hydrogens (tertiary/aromatic N) is 7. The predicted octanol–water partition coefficient (Wildman–Crippen LogP) is -0.362. The highest BCUT2D eigenvalue weighted by Gasteiger charge is 2.41. The van der Waals surface area contributed by atoms with E-state index in [-0.39, 0.29) is 13.2 Å². The van der Waals surface area contributed by atoms with Gasteiger partial charge in [-0.05, 0) is 6.92 Å². The first-order valence-corrected chi connectivity index (χ1v) is 9.91. The van der Waals surface area contributed by atoms with Crippen LogP contribution in [0.1, 0.15) is 11.6 Å². The van der Waals surface area contributed by atoms with Crippen molar-refractivity contribution in [2.75, 3.05) is 51.0 Å². The van der Waals surface area contributed by atoms with Crippen molar-refractivity contribution in [2.45, 2.75) is 19.1 Å². The van der Waals surface area contributed by atoms with Crippen molar-refractivity contribution >= 4 is 17.0 Å². The van der Waals surface area contributed by atoms with Gasteiger partial charge in [0.25, 0.3) is 0 Å². The van der Waals surface area contributed by atoms with Crippen molar-refractivity contribution in [3.63, 3.8) is 0 Å². The summed E-state index contributed by atoms with van der Waals surface area (Å²) in [4.78, 5) is 25.0. The Balaban J connectivity index is 1.75. The number of morpholine rings is 1. The van der Waals surface area contributed by atoms with E-state index in [1.807, 2.05) is 11.5 Å². The summed E-state index contributed by atoms with van der Waals surface area (Å²) in [7, 11) is 0. The molecule has 30 heavy (non-hydrogen) atoms. The molecule has 3 aromatic heterocycles. The number of aliphatic hydroxyl groups excluding tert-OH is 2. The smallest absolute Gasteiger partial charge is 0.171 e. The lowest BCUT2D eigenvalue weighted by Gasteiger charge is -2.33. The molecule has 5 rings (SSSR count). The molecule has 0 bridgehead atoms. The third-order valence-electron chi connectivity index (χ3n) is 5.54. The molecule has 0 atom stereocenters. The molecule has 2 N–H and O–H groups in total. The first kappa shape index (κ1) is 19.2. The molecule has 0 saturated carbocycles. The summed E-state index contributed by atoms with van der Waals surface area (Å²) < 4.78 is 13.1. The van der Waals surface area contributed by atoms with Gasteiger partial charge in [-0.1, -0.05) is 0 Å². The number of rotatable bonds is 4. The van der Waals surface area contributed by atoms with Gasteiger partial charge in [-0.15, -0.1) is 0 Å². The van der Waals surface area contributed by atoms with Crippen LogP contribution >= 0.6 is 0 Å². The fourth-order valence-corrected chi connectivity index (χ4v) is 3.86. The number of fused-ring (bicyclic) bond motifs is 3. The maximum Gasteiger partial charge on any atom is 0.171 e. The van der Waals surface area contributed by atoms with Crippen LogP contribution in [0.15, 0.2) is 12.4 Å². The molecule has 11 heteroatoms. The van der Waals surface area contributed by atoms with Crippen molar-refractivity contribution in [2.24, 2.45) is 0 Å². The average Bonchev–Trinajstić information content (AvgIpc) is 3.19. The molecule has 158 valence electrons. The van der Waals surface area contributed by atoms with E-state index in [4.69, 9.17) is 24.4 Å². The summed E-state index contributed by atoms with van der Waals surface area (Å²) in [6.45, 7) is 4.46. The maximum absolute atomic E-state index is 9.97. The number of hydrogen-bond donors (Lipinski definition) is 2. The lowest BCUT2D eigenvalue weighted by Crippen LogP contribution is -2.44. The van der Waals surface area contributed by atoms with Crippen LogP contribution < -0.4 is 4.90 Å². The van der Waals surface area contributed by atoms with E-state index in [0.29, 0.717) is 79.5 Å².